The Morgan fingerprint density at radius 2 is 0.810 bits per heavy atom. The van der Waals surface area contributed by atoms with Crippen LogP contribution in [0.4, 0.5) is 0 Å². The quantitative estimate of drug-likeness (QED) is 0.125. The molecule has 0 atom stereocenters. The molecule has 10 rings (SSSR count). The summed E-state index contributed by atoms with van der Waals surface area (Å²) in [6.45, 7) is 30.6. The molecule has 2 aromatic heterocycles. The molecule has 0 saturated heterocycles. The van der Waals surface area contributed by atoms with Gasteiger partial charge in [0.25, 0.3) is 23.6 Å². The van der Waals surface area contributed by atoms with Gasteiger partial charge < -0.3 is 10.2 Å². The topological polar surface area (TPSA) is 177 Å². The Labute approximate surface area is 471 Å². The molecule has 0 bridgehead atoms. The summed E-state index contributed by atoms with van der Waals surface area (Å²) in [4.78, 5) is 55.8. The normalized spacial score (nSPS) is 14.4. The molecule has 79 heavy (non-hydrogen) atoms. The molecule has 2 N–H and O–H groups in total. The first-order chi connectivity index (χ1) is 36.6. The number of benzene rings is 6. The first kappa shape index (κ1) is 56.2. The van der Waals surface area contributed by atoms with Crippen molar-refractivity contribution in [1.82, 2.24) is 39.8 Å². The van der Waals surface area contributed by atoms with E-state index in [0.29, 0.717) is 49.0 Å². The fourth-order valence-corrected chi connectivity index (χ4v) is 12.6. The van der Waals surface area contributed by atoms with E-state index in [1.54, 1.807) is 18.2 Å². The van der Waals surface area contributed by atoms with Crippen molar-refractivity contribution < 1.29 is 29.4 Å². The Hall–Kier alpha value is -7.52. The first-order valence-electron chi connectivity index (χ1n) is 26.7. The summed E-state index contributed by atoms with van der Waals surface area (Å²) in [6.07, 6.45) is 1.84. The Bertz CT molecular complexity index is 3750. The third-order valence-corrected chi connectivity index (χ3v) is 16.3. The number of aromatic hydroxyl groups is 2. The third-order valence-electron chi connectivity index (χ3n) is 15.7. The van der Waals surface area contributed by atoms with Crippen LogP contribution in [0, 0.1) is 10.8 Å². The van der Waals surface area contributed by atoms with Crippen molar-refractivity contribution in [2.24, 2.45) is 10.8 Å². The largest absolute Gasteiger partial charge is 0.505 e. The summed E-state index contributed by atoms with van der Waals surface area (Å²) in [5.74, 6) is -1.35. The predicted molar refractivity (Wildman–Crippen MR) is 313 cm³/mol. The highest BCUT2D eigenvalue weighted by molar-refractivity contribution is 9.10. The fourth-order valence-electron chi connectivity index (χ4n) is 12.0. The van der Waals surface area contributed by atoms with Gasteiger partial charge in [0, 0.05) is 40.5 Å². The lowest BCUT2D eigenvalue weighted by Gasteiger charge is -2.35. The van der Waals surface area contributed by atoms with Crippen LogP contribution in [0.3, 0.4) is 0 Å². The number of rotatable bonds is 10. The highest BCUT2D eigenvalue weighted by Gasteiger charge is 2.40. The van der Waals surface area contributed by atoms with Crippen molar-refractivity contribution in [3.63, 3.8) is 0 Å². The van der Waals surface area contributed by atoms with Gasteiger partial charge in [-0.05, 0) is 103 Å². The average Bonchev–Trinajstić information content (AvgIpc) is 4.29. The predicted octanol–water partition coefficient (Wildman–Crippen LogP) is 13.5. The number of carbonyl (C=O) groups is 4. The molecule has 2 aliphatic heterocycles. The number of amides is 4. The molecule has 8 aromatic rings. The number of phenolic OH excluding ortho intramolecular Hbond substituents is 2. The zero-order chi connectivity index (χ0) is 57.9. The van der Waals surface area contributed by atoms with Crippen molar-refractivity contribution in [3.05, 3.63) is 163 Å². The van der Waals surface area contributed by atoms with Gasteiger partial charge in [-0.1, -0.05) is 170 Å². The maximum Gasteiger partial charge on any atom is 0.263 e. The van der Waals surface area contributed by atoms with Crippen LogP contribution in [-0.4, -0.2) is 87.7 Å². The average molecular weight is 1130 g/mol. The minimum Gasteiger partial charge on any atom is -0.505 e. The van der Waals surface area contributed by atoms with Crippen LogP contribution in [0.2, 0.25) is 0 Å². The maximum absolute atomic E-state index is 13.0. The smallest absolute Gasteiger partial charge is 0.263 e. The molecule has 410 valence electrons. The van der Waals surface area contributed by atoms with Gasteiger partial charge in [0.2, 0.25) is 0 Å². The number of halogens is 1. The molecule has 0 aliphatic carbocycles. The van der Waals surface area contributed by atoms with Crippen molar-refractivity contribution in [2.45, 2.75) is 131 Å². The number of fused-ring (bicyclic) bond motifs is 5. The summed E-state index contributed by atoms with van der Waals surface area (Å²) >= 11 is 3.45. The zero-order valence-electron chi connectivity index (χ0n) is 48.2. The fraction of sp³-hybridized carbons (Fsp3) is 0.375. The molecule has 0 spiro atoms. The van der Waals surface area contributed by atoms with Gasteiger partial charge in [-0.25, -0.2) is 0 Å². The number of hydrogen-bond donors (Lipinski definition) is 2. The third kappa shape index (κ3) is 10.1. The van der Waals surface area contributed by atoms with Crippen LogP contribution in [-0.2, 0) is 21.7 Å². The van der Waals surface area contributed by atoms with E-state index in [2.05, 4.69) is 159 Å². The van der Waals surface area contributed by atoms with Crippen LogP contribution in [0.1, 0.15) is 185 Å². The van der Waals surface area contributed by atoms with Gasteiger partial charge in [0.05, 0.1) is 22.3 Å². The van der Waals surface area contributed by atoms with Crippen LogP contribution in [0.25, 0.3) is 33.4 Å². The molecule has 14 nitrogen and oxygen atoms in total. The Morgan fingerprint density at radius 3 is 1.22 bits per heavy atom. The summed E-state index contributed by atoms with van der Waals surface area (Å²) in [7, 11) is 2.92. The van der Waals surface area contributed by atoms with E-state index in [0.717, 1.165) is 56.0 Å². The Kier molecular flexibility index (Phi) is 13.8. The number of carbonyl (C=O) groups excluding carboxylic acids is 4. The molecule has 0 saturated carbocycles. The van der Waals surface area contributed by atoms with E-state index in [4.69, 9.17) is 10.2 Å². The molecule has 15 heteroatoms. The molecule has 0 radical (unpaired) electrons. The minimum atomic E-state index is -0.532. The van der Waals surface area contributed by atoms with Gasteiger partial charge in [-0.2, -0.15) is 0 Å². The first-order valence-corrected chi connectivity index (χ1v) is 27.5. The molecule has 0 unspecified atom stereocenters. The SMILES string of the molecule is CN1C(=O)c2c(Br)cc3nn(-c4cc(C(C)(C)CC(C)(C)C)cc(C(C)(C)c5ccccc5)c4O)nc3c2C1=O.CN1C(=O)c2cc3nn(-c4cc(C(C)(C)CC(C)(C)C)cc(C(C)(C)c5ccccc5)c4O)nc3cc2C1=O. The van der Waals surface area contributed by atoms with Crippen molar-refractivity contribution in [2.75, 3.05) is 14.1 Å². The lowest BCUT2D eigenvalue weighted by Crippen LogP contribution is -2.27. The summed E-state index contributed by atoms with van der Waals surface area (Å²) < 4.78 is 0.486. The van der Waals surface area contributed by atoms with E-state index in [1.807, 2.05) is 48.5 Å². The van der Waals surface area contributed by atoms with Crippen LogP contribution < -0.4 is 0 Å². The minimum absolute atomic E-state index is 0.0692. The second-order valence-electron chi connectivity index (χ2n) is 26.2. The lowest BCUT2D eigenvalue weighted by atomic mass is 9.70. The van der Waals surface area contributed by atoms with E-state index < -0.39 is 16.7 Å². The number of aromatic nitrogens is 6. The molecule has 4 heterocycles. The number of phenols is 2. The van der Waals surface area contributed by atoms with E-state index in [-0.39, 0.29) is 62.0 Å². The maximum atomic E-state index is 13.0. The van der Waals surface area contributed by atoms with Gasteiger partial charge >= 0.3 is 0 Å². The molecule has 4 amide bonds. The highest BCUT2D eigenvalue weighted by atomic mass is 79.9. The van der Waals surface area contributed by atoms with E-state index >= 15 is 0 Å². The Morgan fingerprint density at radius 1 is 0.443 bits per heavy atom. The number of hydrogen-bond acceptors (Lipinski definition) is 10. The van der Waals surface area contributed by atoms with Crippen LogP contribution >= 0.6 is 15.9 Å². The number of imide groups is 2. The summed E-state index contributed by atoms with van der Waals surface area (Å²) in [6, 6.07) is 33.3. The molecular weight excluding hydrogens is 1060 g/mol. The van der Waals surface area contributed by atoms with Gasteiger partial charge in [0.15, 0.2) is 0 Å². The monoisotopic (exact) mass is 1130 g/mol. The van der Waals surface area contributed by atoms with Crippen molar-refractivity contribution in [3.8, 4) is 22.9 Å². The van der Waals surface area contributed by atoms with Crippen LogP contribution in [0.5, 0.6) is 11.5 Å². The second-order valence-corrected chi connectivity index (χ2v) is 27.0. The van der Waals surface area contributed by atoms with Gasteiger partial charge in [-0.3, -0.25) is 29.0 Å². The molecule has 6 aromatic carbocycles. The molecular formula is C64H71BrN8O6. The van der Waals surface area contributed by atoms with Gasteiger partial charge in [-0.15, -0.1) is 30.0 Å². The standard InChI is InChI=1S/C32H35BrN4O3.C32H36N4O3/c1-30(2,3)17-31(4,5)19-14-20(32(6,7)18-12-10-9-11-13-18)27(38)23(15-19)37-34-22-16-21(33)24-25(26(22)35-37)29(40)36(8)28(24)39;1-30(2,3)18-31(4,5)20-14-23(32(6,7)19-12-10-9-11-13-19)27(37)26(15-20)36-33-24-16-21-22(17-25(24)34-36)29(39)35(8)28(21)38/h9-16,38H,17H2,1-8H3;9-17,37H,18H2,1-8H3. The second kappa shape index (κ2) is 19.4. The van der Waals surface area contributed by atoms with Crippen molar-refractivity contribution in [1.29, 1.82) is 0 Å². The molecule has 0 fully saturated rings. The van der Waals surface area contributed by atoms with Gasteiger partial charge in [0.1, 0.15) is 44.9 Å². The summed E-state index contributed by atoms with van der Waals surface area (Å²) in [5, 5.41) is 42.3. The number of nitrogens with zero attached hydrogens (tertiary/aromatic N) is 8. The van der Waals surface area contributed by atoms with Crippen LogP contribution in [0.15, 0.2) is 108 Å². The van der Waals surface area contributed by atoms with E-state index in [9.17, 15) is 29.4 Å². The summed E-state index contributed by atoms with van der Waals surface area (Å²) in [5.41, 5.74) is 8.21. The van der Waals surface area contributed by atoms with Crippen molar-refractivity contribution >= 4 is 61.6 Å². The lowest BCUT2D eigenvalue weighted by molar-refractivity contribution is 0.0678. The molecule has 2 aliphatic rings. The zero-order valence-corrected chi connectivity index (χ0v) is 49.8. The highest BCUT2D eigenvalue weighted by Crippen LogP contribution is 2.47. The Balaban J connectivity index is 0.000000192. The van der Waals surface area contributed by atoms with E-state index in [1.165, 1.54) is 23.7 Å².